The summed E-state index contributed by atoms with van der Waals surface area (Å²) < 4.78 is 5.34. The zero-order chi connectivity index (χ0) is 12.3. The first-order chi connectivity index (χ1) is 8.20. The van der Waals surface area contributed by atoms with E-state index in [1.54, 1.807) is 0 Å². The van der Waals surface area contributed by atoms with Gasteiger partial charge in [-0.25, -0.2) is 0 Å². The molecule has 1 aliphatic rings. The van der Waals surface area contributed by atoms with Crippen molar-refractivity contribution < 1.29 is 14.6 Å². The zero-order valence-corrected chi connectivity index (χ0v) is 9.85. The van der Waals surface area contributed by atoms with Crippen LogP contribution in [-0.2, 0) is 4.79 Å². The van der Waals surface area contributed by atoms with Crippen LogP contribution in [0, 0.1) is 11.8 Å². The Labute approximate surface area is 101 Å². The highest BCUT2D eigenvalue weighted by Gasteiger charge is 2.42. The Morgan fingerprint density at radius 2 is 2.18 bits per heavy atom. The van der Waals surface area contributed by atoms with Crippen molar-refractivity contribution in [3.63, 3.8) is 0 Å². The van der Waals surface area contributed by atoms with E-state index in [9.17, 15) is 4.79 Å². The molecule has 1 fully saturated rings. The number of hydrogen-bond acceptors (Lipinski definition) is 3. The van der Waals surface area contributed by atoms with Gasteiger partial charge in [0.05, 0.1) is 12.5 Å². The van der Waals surface area contributed by atoms with Crippen molar-refractivity contribution >= 4 is 11.7 Å². The van der Waals surface area contributed by atoms with Gasteiger partial charge in [0.15, 0.2) is 0 Å². The molecule has 0 saturated heterocycles. The van der Waals surface area contributed by atoms with E-state index in [1.807, 2.05) is 31.2 Å². The molecule has 0 aromatic heterocycles. The van der Waals surface area contributed by atoms with Gasteiger partial charge in [0.2, 0.25) is 0 Å². The van der Waals surface area contributed by atoms with Crippen LogP contribution in [0.2, 0.25) is 0 Å². The van der Waals surface area contributed by atoms with Crippen LogP contribution >= 0.6 is 0 Å². The molecule has 92 valence electrons. The molecule has 17 heavy (non-hydrogen) atoms. The predicted molar refractivity (Wildman–Crippen MR) is 65.3 cm³/mol. The third kappa shape index (κ3) is 3.12. The third-order valence-corrected chi connectivity index (χ3v) is 2.97. The number of aliphatic carboxylic acids is 1. The maximum atomic E-state index is 10.7. The highest BCUT2D eigenvalue weighted by molar-refractivity contribution is 5.73. The first-order valence-electron chi connectivity index (χ1n) is 5.90. The maximum absolute atomic E-state index is 10.7. The summed E-state index contributed by atoms with van der Waals surface area (Å²) in [5.74, 6) is 0.306. The van der Waals surface area contributed by atoms with Gasteiger partial charge in [0, 0.05) is 12.2 Å². The number of hydrogen-bond donors (Lipinski definition) is 2. The molecule has 0 radical (unpaired) electrons. The van der Waals surface area contributed by atoms with Crippen molar-refractivity contribution in [2.24, 2.45) is 11.8 Å². The Hall–Kier alpha value is -1.71. The Balaban J connectivity index is 1.78. The molecule has 1 aromatic carbocycles. The monoisotopic (exact) mass is 235 g/mol. The molecule has 0 spiro atoms. The molecule has 0 amide bonds. The van der Waals surface area contributed by atoms with E-state index in [-0.39, 0.29) is 11.8 Å². The molecule has 1 aromatic rings. The van der Waals surface area contributed by atoms with Gasteiger partial charge in [0.1, 0.15) is 5.75 Å². The Morgan fingerprint density at radius 3 is 2.71 bits per heavy atom. The Bertz CT molecular complexity index is 388. The molecule has 0 aliphatic heterocycles. The molecule has 2 unspecified atom stereocenters. The van der Waals surface area contributed by atoms with Crippen molar-refractivity contribution in [1.29, 1.82) is 0 Å². The lowest BCUT2D eigenvalue weighted by atomic mass is 10.2. The van der Waals surface area contributed by atoms with Crippen LogP contribution < -0.4 is 10.1 Å². The number of anilines is 1. The first kappa shape index (κ1) is 11.8. The quantitative estimate of drug-likeness (QED) is 0.793. The van der Waals surface area contributed by atoms with Gasteiger partial charge in [-0.2, -0.15) is 0 Å². The summed E-state index contributed by atoms with van der Waals surface area (Å²) in [5.41, 5.74) is 1.00. The summed E-state index contributed by atoms with van der Waals surface area (Å²) in [7, 11) is 0. The van der Waals surface area contributed by atoms with Gasteiger partial charge in [-0.15, -0.1) is 0 Å². The van der Waals surface area contributed by atoms with Gasteiger partial charge in [-0.05, 0) is 43.5 Å². The molecular weight excluding hydrogens is 218 g/mol. The fraction of sp³-hybridized carbons (Fsp3) is 0.462. The van der Waals surface area contributed by atoms with Gasteiger partial charge in [-0.1, -0.05) is 0 Å². The minimum atomic E-state index is -0.677. The van der Waals surface area contributed by atoms with Crippen molar-refractivity contribution in [3.8, 4) is 5.75 Å². The number of carbonyl (C=O) groups is 1. The van der Waals surface area contributed by atoms with Gasteiger partial charge in [-0.3, -0.25) is 4.79 Å². The van der Waals surface area contributed by atoms with Crippen molar-refractivity contribution in [2.75, 3.05) is 18.5 Å². The number of nitrogens with one attached hydrogen (secondary N) is 1. The van der Waals surface area contributed by atoms with Crippen LogP contribution in [0.3, 0.4) is 0 Å². The largest absolute Gasteiger partial charge is 0.494 e. The second-order valence-electron chi connectivity index (χ2n) is 4.28. The zero-order valence-electron chi connectivity index (χ0n) is 9.85. The lowest BCUT2D eigenvalue weighted by Gasteiger charge is -2.07. The van der Waals surface area contributed by atoms with E-state index >= 15 is 0 Å². The lowest BCUT2D eigenvalue weighted by molar-refractivity contribution is -0.138. The Kier molecular flexibility index (Phi) is 3.52. The molecule has 0 heterocycles. The van der Waals surface area contributed by atoms with Crippen LogP contribution in [0.4, 0.5) is 5.69 Å². The number of carboxylic acid groups (broad SMARTS) is 1. The summed E-state index contributed by atoms with van der Waals surface area (Å²) in [6.45, 7) is 3.34. The Morgan fingerprint density at radius 1 is 1.47 bits per heavy atom. The highest BCUT2D eigenvalue weighted by Crippen LogP contribution is 2.38. The average Bonchev–Trinajstić information content (AvgIpc) is 3.08. The van der Waals surface area contributed by atoms with Gasteiger partial charge >= 0.3 is 5.97 Å². The second kappa shape index (κ2) is 5.08. The van der Waals surface area contributed by atoms with Gasteiger partial charge in [0.25, 0.3) is 0 Å². The van der Waals surface area contributed by atoms with E-state index in [0.717, 1.165) is 24.4 Å². The summed E-state index contributed by atoms with van der Waals surface area (Å²) in [4.78, 5) is 10.7. The molecule has 2 atom stereocenters. The maximum Gasteiger partial charge on any atom is 0.306 e. The molecule has 0 bridgehead atoms. The van der Waals surface area contributed by atoms with Crippen molar-refractivity contribution in [2.45, 2.75) is 13.3 Å². The van der Waals surface area contributed by atoms with Crippen LogP contribution in [0.15, 0.2) is 24.3 Å². The van der Waals surface area contributed by atoms with Crippen molar-refractivity contribution in [3.05, 3.63) is 24.3 Å². The van der Waals surface area contributed by atoms with Crippen LogP contribution in [-0.4, -0.2) is 24.2 Å². The average molecular weight is 235 g/mol. The van der Waals surface area contributed by atoms with Crippen LogP contribution in [0.1, 0.15) is 13.3 Å². The minimum Gasteiger partial charge on any atom is -0.494 e. The SMILES string of the molecule is CCOc1ccc(NCC2CC2C(=O)O)cc1. The molecule has 2 N–H and O–H groups in total. The topological polar surface area (TPSA) is 58.6 Å². The second-order valence-corrected chi connectivity index (χ2v) is 4.28. The highest BCUT2D eigenvalue weighted by atomic mass is 16.5. The van der Waals surface area contributed by atoms with E-state index in [1.165, 1.54) is 0 Å². The number of carboxylic acids is 1. The van der Waals surface area contributed by atoms with E-state index in [0.29, 0.717) is 6.61 Å². The fourth-order valence-electron chi connectivity index (χ4n) is 1.86. The number of benzene rings is 1. The smallest absolute Gasteiger partial charge is 0.306 e. The molecule has 2 rings (SSSR count). The summed E-state index contributed by atoms with van der Waals surface area (Å²) in [6.07, 6.45) is 0.791. The summed E-state index contributed by atoms with van der Waals surface area (Å²) >= 11 is 0. The lowest BCUT2D eigenvalue weighted by Crippen LogP contribution is -2.08. The van der Waals surface area contributed by atoms with E-state index in [4.69, 9.17) is 9.84 Å². The molecular formula is C13H17NO3. The normalized spacial score (nSPS) is 21.9. The third-order valence-electron chi connectivity index (χ3n) is 2.97. The van der Waals surface area contributed by atoms with Crippen molar-refractivity contribution in [1.82, 2.24) is 0 Å². The number of ether oxygens (including phenoxy) is 1. The first-order valence-corrected chi connectivity index (χ1v) is 5.90. The molecule has 1 aliphatic carbocycles. The fourth-order valence-corrected chi connectivity index (χ4v) is 1.86. The molecule has 1 saturated carbocycles. The minimum absolute atomic E-state index is 0.148. The van der Waals surface area contributed by atoms with Crippen LogP contribution in [0.5, 0.6) is 5.75 Å². The van der Waals surface area contributed by atoms with Crippen LogP contribution in [0.25, 0.3) is 0 Å². The predicted octanol–water partition coefficient (Wildman–Crippen LogP) is 2.22. The van der Waals surface area contributed by atoms with E-state index in [2.05, 4.69) is 5.32 Å². The standard InChI is InChI=1S/C13H17NO3/c1-2-17-11-5-3-10(4-6-11)14-8-9-7-12(9)13(15)16/h3-6,9,12,14H,2,7-8H2,1H3,(H,15,16). The summed E-state index contributed by atoms with van der Waals surface area (Å²) in [5, 5.41) is 12.0. The van der Waals surface area contributed by atoms with E-state index < -0.39 is 5.97 Å². The number of rotatable bonds is 6. The molecule has 4 nitrogen and oxygen atoms in total. The summed E-state index contributed by atoms with van der Waals surface area (Å²) in [6, 6.07) is 7.72. The van der Waals surface area contributed by atoms with Gasteiger partial charge < -0.3 is 15.2 Å². The molecule has 4 heteroatoms.